The fourth-order valence-electron chi connectivity index (χ4n) is 2.85. The number of rotatable bonds is 1. The minimum absolute atomic E-state index is 0.593. The Labute approximate surface area is 108 Å². The predicted molar refractivity (Wildman–Crippen MR) is 71.4 cm³/mol. The molecule has 1 saturated heterocycles. The average Bonchev–Trinajstić information content (AvgIpc) is 2.63. The molecule has 3 heteroatoms. The van der Waals surface area contributed by atoms with E-state index in [1.54, 1.807) is 0 Å². The lowest BCUT2D eigenvalue weighted by Crippen LogP contribution is -2.33. The zero-order valence-electron chi connectivity index (χ0n) is 10.9. The molecule has 1 aromatic rings. The molecule has 0 radical (unpaired) electrons. The number of hydrogen-bond acceptors (Lipinski definition) is 3. The van der Waals surface area contributed by atoms with Crippen LogP contribution in [0.3, 0.4) is 0 Å². The van der Waals surface area contributed by atoms with Gasteiger partial charge in [-0.2, -0.15) is 0 Å². The molecule has 0 aliphatic carbocycles. The number of benzene rings is 1. The second-order valence-electron chi connectivity index (χ2n) is 5.33. The summed E-state index contributed by atoms with van der Waals surface area (Å²) < 4.78 is 11.4. The fourth-order valence-corrected chi connectivity index (χ4v) is 2.85. The first kappa shape index (κ1) is 11.8. The molecule has 1 fully saturated rings. The van der Waals surface area contributed by atoms with Crippen LogP contribution < -0.4 is 14.8 Å². The van der Waals surface area contributed by atoms with E-state index < -0.39 is 0 Å². The standard InChI is InChI=1S/C15H21NO2/c1-11-5-6-16-10-13(11)12-3-4-14-15(9-12)18-8-2-7-17-14/h3-4,9,11,13,16H,2,5-8,10H2,1H3. The van der Waals surface area contributed by atoms with Gasteiger partial charge in [-0.05, 0) is 42.5 Å². The van der Waals surface area contributed by atoms with E-state index in [0.29, 0.717) is 5.92 Å². The summed E-state index contributed by atoms with van der Waals surface area (Å²) in [6.07, 6.45) is 2.21. The molecule has 0 saturated carbocycles. The third-order valence-corrected chi connectivity index (χ3v) is 4.03. The van der Waals surface area contributed by atoms with E-state index in [4.69, 9.17) is 9.47 Å². The van der Waals surface area contributed by atoms with Crippen molar-refractivity contribution in [3.63, 3.8) is 0 Å². The highest BCUT2D eigenvalue weighted by atomic mass is 16.5. The number of piperidine rings is 1. The molecule has 1 N–H and O–H groups in total. The summed E-state index contributed by atoms with van der Waals surface area (Å²) in [5.41, 5.74) is 1.37. The van der Waals surface area contributed by atoms with Crippen LogP contribution in [0.15, 0.2) is 18.2 Å². The van der Waals surface area contributed by atoms with Crippen molar-refractivity contribution in [1.82, 2.24) is 5.32 Å². The summed E-state index contributed by atoms with van der Waals surface area (Å²) >= 11 is 0. The molecule has 2 aliphatic rings. The summed E-state index contributed by atoms with van der Waals surface area (Å²) in [5, 5.41) is 3.48. The highest BCUT2D eigenvalue weighted by Crippen LogP contribution is 2.36. The Balaban J connectivity index is 1.86. The topological polar surface area (TPSA) is 30.5 Å². The zero-order chi connectivity index (χ0) is 12.4. The molecule has 0 spiro atoms. The molecule has 0 aromatic heterocycles. The second-order valence-corrected chi connectivity index (χ2v) is 5.33. The molecule has 1 aromatic carbocycles. The van der Waals surface area contributed by atoms with E-state index in [0.717, 1.165) is 50.1 Å². The van der Waals surface area contributed by atoms with Gasteiger partial charge < -0.3 is 14.8 Å². The minimum Gasteiger partial charge on any atom is -0.490 e. The van der Waals surface area contributed by atoms with Crippen LogP contribution in [-0.4, -0.2) is 26.3 Å². The van der Waals surface area contributed by atoms with Crippen LogP contribution in [0.4, 0.5) is 0 Å². The zero-order valence-corrected chi connectivity index (χ0v) is 10.9. The molecule has 3 nitrogen and oxygen atoms in total. The van der Waals surface area contributed by atoms with E-state index in [2.05, 4.69) is 30.4 Å². The SMILES string of the molecule is CC1CCNCC1c1ccc2c(c1)OCCCO2. The molecule has 2 aliphatic heterocycles. The molecule has 0 bridgehead atoms. The van der Waals surface area contributed by atoms with Crippen LogP contribution in [0.25, 0.3) is 0 Å². The molecular weight excluding hydrogens is 226 g/mol. The first-order valence-electron chi connectivity index (χ1n) is 6.95. The maximum absolute atomic E-state index is 5.77. The first-order valence-corrected chi connectivity index (χ1v) is 6.95. The molecule has 2 unspecified atom stereocenters. The predicted octanol–water partition coefficient (Wildman–Crippen LogP) is 2.56. The summed E-state index contributed by atoms with van der Waals surface area (Å²) in [6.45, 7) is 6.07. The van der Waals surface area contributed by atoms with Gasteiger partial charge in [0, 0.05) is 13.0 Å². The number of nitrogens with one attached hydrogen (secondary N) is 1. The summed E-state index contributed by atoms with van der Waals surface area (Å²) in [4.78, 5) is 0. The molecule has 2 atom stereocenters. The van der Waals surface area contributed by atoms with Crippen molar-refractivity contribution >= 4 is 0 Å². The maximum Gasteiger partial charge on any atom is 0.161 e. The van der Waals surface area contributed by atoms with E-state index >= 15 is 0 Å². The molecule has 0 amide bonds. The highest BCUT2D eigenvalue weighted by molar-refractivity contribution is 5.44. The van der Waals surface area contributed by atoms with Gasteiger partial charge in [0.05, 0.1) is 13.2 Å². The van der Waals surface area contributed by atoms with Gasteiger partial charge in [-0.3, -0.25) is 0 Å². The van der Waals surface area contributed by atoms with Crippen molar-refractivity contribution in [3.05, 3.63) is 23.8 Å². The van der Waals surface area contributed by atoms with Crippen molar-refractivity contribution in [3.8, 4) is 11.5 Å². The van der Waals surface area contributed by atoms with Crippen LogP contribution in [0, 0.1) is 5.92 Å². The van der Waals surface area contributed by atoms with Crippen molar-refractivity contribution < 1.29 is 9.47 Å². The highest BCUT2D eigenvalue weighted by Gasteiger charge is 2.24. The average molecular weight is 247 g/mol. The van der Waals surface area contributed by atoms with E-state index in [-0.39, 0.29) is 0 Å². The normalized spacial score (nSPS) is 27.6. The van der Waals surface area contributed by atoms with Gasteiger partial charge >= 0.3 is 0 Å². The van der Waals surface area contributed by atoms with E-state index in [9.17, 15) is 0 Å². The summed E-state index contributed by atoms with van der Waals surface area (Å²) in [6, 6.07) is 6.44. The largest absolute Gasteiger partial charge is 0.490 e. The smallest absolute Gasteiger partial charge is 0.161 e. The molecule has 3 rings (SSSR count). The third-order valence-electron chi connectivity index (χ3n) is 4.03. The van der Waals surface area contributed by atoms with Gasteiger partial charge in [0.2, 0.25) is 0 Å². The van der Waals surface area contributed by atoms with Gasteiger partial charge in [-0.25, -0.2) is 0 Å². The monoisotopic (exact) mass is 247 g/mol. The van der Waals surface area contributed by atoms with Crippen LogP contribution in [0.1, 0.15) is 31.2 Å². The van der Waals surface area contributed by atoms with Crippen molar-refractivity contribution in [2.24, 2.45) is 5.92 Å². The minimum atomic E-state index is 0.593. The number of fused-ring (bicyclic) bond motifs is 1. The lowest BCUT2D eigenvalue weighted by atomic mass is 9.83. The summed E-state index contributed by atoms with van der Waals surface area (Å²) in [7, 11) is 0. The Bertz CT molecular complexity index is 419. The van der Waals surface area contributed by atoms with Crippen molar-refractivity contribution in [2.45, 2.75) is 25.7 Å². The van der Waals surface area contributed by atoms with Gasteiger partial charge in [0.25, 0.3) is 0 Å². The van der Waals surface area contributed by atoms with E-state index in [1.807, 2.05) is 0 Å². The van der Waals surface area contributed by atoms with Gasteiger partial charge in [0.15, 0.2) is 11.5 Å². The van der Waals surface area contributed by atoms with Crippen LogP contribution in [0.2, 0.25) is 0 Å². The number of hydrogen-bond donors (Lipinski definition) is 1. The lowest BCUT2D eigenvalue weighted by Gasteiger charge is -2.30. The molecular formula is C15H21NO2. The van der Waals surface area contributed by atoms with Crippen LogP contribution >= 0.6 is 0 Å². The third kappa shape index (κ3) is 2.32. The molecule has 18 heavy (non-hydrogen) atoms. The Morgan fingerprint density at radius 1 is 1.17 bits per heavy atom. The van der Waals surface area contributed by atoms with Gasteiger partial charge in [0.1, 0.15) is 0 Å². The molecule has 2 heterocycles. The fraction of sp³-hybridized carbons (Fsp3) is 0.600. The van der Waals surface area contributed by atoms with Crippen molar-refractivity contribution in [2.75, 3.05) is 26.3 Å². The van der Waals surface area contributed by atoms with Gasteiger partial charge in [-0.15, -0.1) is 0 Å². The number of ether oxygens (including phenoxy) is 2. The lowest BCUT2D eigenvalue weighted by molar-refractivity contribution is 0.296. The first-order chi connectivity index (χ1) is 8.84. The van der Waals surface area contributed by atoms with Crippen molar-refractivity contribution in [1.29, 1.82) is 0 Å². The Kier molecular flexibility index (Phi) is 3.41. The van der Waals surface area contributed by atoms with E-state index in [1.165, 1.54) is 12.0 Å². The van der Waals surface area contributed by atoms with Crippen LogP contribution in [-0.2, 0) is 0 Å². The van der Waals surface area contributed by atoms with Gasteiger partial charge in [-0.1, -0.05) is 13.0 Å². The Morgan fingerprint density at radius 2 is 2.00 bits per heavy atom. The Hall–Kier alpha value is -1.22. The maximum atomic E-state index is 5.77. The summed E-state index contributed by atoms with van der Waals surface area (Å²) in [5.74, 6) is 3.14. The quantitative estimate of drug-likeness (QED) is 0.827. The van der Waals surface area contributed by atoms with Crippen LogP contribution in [0.5, 0.6) is 11.5 Å². The second kappa shape index (κ2) is 5.19. The molecule has 98 valence electrons. The Morgan fingerprint density at radius 3 is 2.83 bits per heavy atom.